The van der Waals surface area contributed by atoms with E-state index in [1.165, 1.54) is 17.0 Å². The van der Waals surface area contributed by atoms with Gasteiger partial charge in [0.05, 0.1) is 11.9 Å². The Bertz CT molecular complexity index is 880. The second-order valence-corrected chi connectivity index (χ2v) is 7.00. The quantitative estimate of drug-likeness (QED) is 0.749. The van der Waals surface area contributed by atoms with Crippen LogP contribution in [0.4, 0.5) is 9.52 Å². The molecular weight excluding hydrogens is 341 g/mol. The van der Waals surface area contributed by atoms with Crippen molar-refractivity contribution in [2.24, 2.45) is 0 Å². The Hall–Kier alpha value is -2.54. The topological polar surface area (TPSA) is 68.0 Å². The second kappa shape index (κ2) is 6.76. The van der Waals surface area contributed by atoms with E-state index >= 15 is 0 Å². The molecule has 4 rings (SSSR count). The zero-order valence-corrected chi connectivity index (χ0v) is 14.2. The molecule has 0 aliphatic heterocycles. The number of rotatable bonds is 5. The number of anilines is 1. The van der Waals surface area contributed by atoms with Gasteiger partial charge < -0.3 is 9.73 Å². The SMILES string of the molecule is O=C(CCc1ncc(-c2ccc(F)cc2)o1)Nc1nc2c(s1)CCC2. The molecular formula is C18H16FN3O2S. The summed E-state index contributed by atoms with van der Waals surface area (Å²) in [6, 6.07) is 6.01. The molecule has 5 nitrogen and oxygen atoms in total. The van der Waals surface area contributed by atoms with Gasteiger partial charge in [-0.1, -0.05) is 0 Å². The van der Waals surface area contributed by atoms with Crippen LogP contribution in [-0.2, 0) is 24.1 Å². The van der Waals surface area contributed by atoms with Crippen LogP contribution in [0.1, 0.15) is 29.3 Å². The lowest BCUT2D eigenvalue weighted by Gasteiger charge is -2.00. The molecule has 2 aromatic heterocycles. The fourth-order valence-electron chi connectivity index (χ4n) is 2.82. The third kappa shape index (κ3) is 3.61. The summed E-state index contributed by atoms with van der Waals surface area (Å²) < 4.78 is 18.6. The molecule has 25 heavy (non-hydrogen) atoms. The number of oxazole rings is 1. The van der Waals surface area contributed by atoms with Crippen LogP contribution in [0, 0.1) is 5.82 Å². The zero-order chi connectivity index (χ0) is 17.2. The minimum absolute atomic E-state index is 0.103. The van der Waals surface area contributed by atoms with Crippen molar-refractivity contribution in [2.45, 2.75) is 32.1 Å². The Morgan fingerprint density at radius 2 is 2.12 bits per heavy atom. The number of hydrogen-bond donors (Lipinski definition) is 1. The molecule has 0 atom stereocenters. The van der Waals surface area contributed by atoms with Crippen LogP contribution < -0.4 is 5.32 Å². The van der Waals surface area contributed by atoms with Crippen LogP contribution in [0.15, 0.2) is 34.9 Å². The molecule has 0 unspecified atom stereocenters. The van der Waals surface area contributed by atoms with Crippen molar-refractivity contribution in [2.75, 3.05) is 5.32 Å². The summed E-state index contributed by atoms with van der Waals surface area (Å²) >= 11 is 1.56. The van der Waals surface area contributed by atoms with E-state index in [0.29, 0.717) is 23.2 Å². The summed E-state index contributed by atoms with van der Waals surface area (Å²) in [6.45, 7) is 0. The average Bonchev–Trinajstić information content (AvgIpc) is 3.29. The highest BCUT2D eigenvalue weighted by molar-refractivity contribution is 7.15. The van der Waals surface area contributed by atoms with E-state index in [4.69, 9.17) is 4.42 Å². The van der Waals surface area contributed by atoms with Crippen LogP contribution in [0.3, 0.4) is 0 Å². The Labute approximate surface area is 147 Å². The van der Waals surface area contributed by atoms with Gasteiger partial charge in [0.25, 0.3) is 0 Å². The average molecular weight is 357 g/mol. The molecule has 0 saturated heterocycles. The van der Waals surface area contributed by atoms with Crippen molar-refractivity contribution in [3.05, 3.63) is 52.7 Å². The van der Waals surface area contributed by atoms with E-state index in [1.807, 2.05) is 0 Å². The second-order valence-electron chi connectivity index (χ2n) is 5.92. The van der Waals surface area contributed by atoms with Gasteiger partial charge in [-0.2, -0.15) is 0 Å². The Morgan fingerprint density at radius 1 is 1.28 bits per heavy atom. The first-order valence-corrected chi connectivity index (χ1v) is 8.98. The maximum Gasteiger partial charge on any atom is 0.226 e. The smallest absolute Gasteiger partial charge is 0.226 e. The van der Waals surface area contributed by atoms with Crippen LogP contribution in [0.2, 0.25) is 0 Å². The fraction of sp³-hybridized carbons (Fsp3) is 0.278. The minimum Gasteiger partial charge on any atom is -0.441 e. The number of hydrogen-bond acceptors (Lipinski definition) is 5. The third-order valence-corrected chi connectivity index (χ3v) is 5.16. The number of carbonyl (C=O) groups excluding carboxylic acids is 1. The van der Waals surface area contributed by atoms with Gasteiger partial charge in [0.15, 0.2) is 16.8 Å². The van der Waals surface area contributed by atoms with Gasteiger partial charge in [0.2, 0.25) is 5.91 Å². The number of benzene rings is 1. The van der Waals surface area contributed by atoms with Gasteiger partial charge in [0.1, 0.15) is 5.82 Å². The van der Waals surface area contributed by atoms with Crippen molar-refractivity contribution < 1.29 is 13.6 Å². The normalized spacial score (nSPS) is 13.0. The number of nitrogens with zero attached hydrogens (tertiary/aromatic N) is 2. The lowest BCUT2D eigenvalue weighted by atomic mass is 10.2. The lowest BCUT2D eigenvalue weighted by Crippen LogP contribution is -2.12. The number of fused-ring (bicyclic) bond motifs is 1. The van der Waals surface area contributed by atoms with E-state index < -0.39 is 0 Å². The summed E-state index contributed by atoms with van der Waals surface area (Å²) in [6.07, 6.45) is 5.48. The number of thiazole rings is 1. The standard InChI is InChI=1S/C18H16FN3O2S/c19-12-6-4-11(5-7-12)14-10-20-17(24-14)9-8-16(23)22-18-21-13-2-1-3-15(13)25-18/h4-7,10H,1-3,8-9H2,(H,21,22,23). The van der Waals surface area contributed by atoms with Crippen molar-refractivity contribution in [3.63, 3.8) is 0 Å². The summed E-state index contributed by atoms with van der Waals surface area (Å²) in [4.78, 5) is 22.0. The largest absolute Gasteiger partial charge is 0.441 e. The Balaban J connectivity index is 1.33. The van der Waals surface area contributed by atoms with Gasteiger partial charge in [-0.15, -0.1) is 11.3 Å². The molecule has 1 aromatic carbocycles. The Kier molecular flexibility index (Phi) is 4.31. The van der Waals surface area contributed by atoms with E-state index in [-0.39, 0.29) is 18.1 Å². The molecule has 0 bridgehead atoms. The number of carbonyl (C=O) groups is 1. The van der Waals surface area contributed by atoms with E-state index in [1.54, 1.807) is 29.7 Å². The van der Waals surface area contributed by atoms with Crippen LogP contribution in [0.25, 0.3) is 11.3 Å². The summed E-state index contributed by atoms with van der Waals surface area (Å²) in [5.41, 5.74) is 1.87. The maximum atomic E-state index is 13.0. The van der Waals surface area contributed by atoms with E-state index in [2.05, 4.69) is 15.3 Å². The molecule has 128 valence electrons. The number of aryl methyl sites for hydroxylation is 3. The predicted molar refractivity (Wildman–Crippen MR) is 93.0 cm³/mol. The first-order chi connectivity index (χ1) is 12.2. The molecule has 1 amide bonds. The molecule has 3 aromatic rings. The fourth-order valence-corrected chi connectivity index (χ4v) is 3.89. The van der Waals surface area contributed by atoms with E-state index in [0.717, 1.165) is 30.5 Å². The van der Waals surface area contributed by atoms with Gasteiger partial charge in [-0.3, -0.25) is 4.79 Å². The highest BCUT2D eigenvalue weighted by Crippen LogP contribution is 2.30. The maximum absolute atomic E-state index is 13.0. The molecule has 1 N–H and O–H groups in total. The number of amides is 1. The monoisotopic (exact) mass is 357 g/mol. The molecule has 0 saturated carbocycles. The summed E-state index contributed by atoms with van der Waals surface area (Å²) in [5.74, 6) is 0.644. The summed E-state index contributed by atoms with van der Waals surface area (Å²) in [5, 5.41) is 3.52. The van der Waals surface area contributed by atoms with Crippen molar-refractivity contribution in [1.29, 1.82) is 0 Å². The first-order valence-electron chi connectivity index (χ1n) is 8.16. The van der Waals surface area contributed by atoms with Crippen molar-refractivity contribution >= 4 is 22.4 Å². The van der Waals surface area contributed by atoms with Crippen molar-refractivity contribution in [1.82, 2.24) is 9.97 Å². The Morgan fingerprint density at radius 3 is 2.92 bits per heavy atom. The molecule has 1 aliphatic rings. The van der Waals surface area contributed by atoms with Gasteiger partial charge >= 0.3 is 0 Å². The number of aromatic nitrogens is 2. The highest BCUT2D eigenvalue weighted by Gasteiger charge is 2.18. The van der Waals surface area contributed by atoms with Crippen LogP contribution in [-0.4, -0.2) is 15.9 Å². The van der Waals surface area contributed by atoms with Gasteiger partial charge in [0, 0.05) is 23.3 Å². The third-order valence-electron chi connectivity index (χ3n) is 4.09. The number of halogens is 1. The van der Waals surface area contributed by atoms with Crippen LogP contribution >= 0.6 is 11.3 Å². The molecule has 2 heterocycles. The van der Waals surface area contributed by atoms with Gasteiger partial charge in [-0.25, -0.2) is 14.4 Å². The highest BCUT2D eigenvalue weighted by atomic mass is 32.1. The molecule has 0 fully saturated rings. The van der Waals surface area contributed by atoms with Crippen LogP contribution in [0.5, 0.6) is 0 Å². The number of nitrogens with one attached hydrogen (secondary N) is 1. The lowest BCUT2D eigenvalue weighted by molar-refractivity contribution is -0.116. The molecule has 0 radical (unpaired) electrons. The molecule has 1 aliphatic carbocycles. The zero-order valence-electron chi connectivity index (χ0n) is 13.4. The first kappa shape index (κ1) is 16.0. The van der Waals surface area contributed by atoms with Crippen molar-refractivity contribution in [3.8, 4) is 11.3 Å². The minimum atomic E-state index is -0.298. The van der Waals surface area contributed by atoms with Gasteiger partial charge in [-0.05, 0) is 43.5 Å². The molecule has 0 spiro atoms. The predicted octanol–water partition coefficient (Wildman–Crippen LogP) is 4.00. The van der Waals surface area contributed by atoms with E-state index in [9.17, 15) is 9.18 Å². The summed E-state index contributed by atoms with van der Waals surface area (Å²) in [7, 11) is 0. The molecule has 7 heteroatoms.